The minimum Gasteiger partial charge on any atom is -0.331 e. The second-order valence-electron chi connectivity index (χ2n) is 6.52. The molecule has 0 spiro atoms. The summed E-state index contributed by atoms with van der Waals surface area (Å²) in [4.78, 5) is 15.0. The molecular weight excluding hydrogens is 288 g/mol. The van der Waals surface area contributed by atoms with Crippen LogP contribution in [0.15, 0.2) is 36.4 Å². The number of H-pyrrole nitrogens is 1. The summed E-state index contributed by atoms with van der Waals surface area (Å²) in [6.07, 6.45) is 3.32. The van der Waals surface area contributed by atoms with Crippen LogP contribution in [0.2, 0.25) is 0 Å². The molecule has 1 amide bonds. The molecule has 23 heavy (non-hydrogen) atoms. The number of fused-ring (bicyclic) bond motifs is 1. The van der Waals surface area contributed by atoms with Crippen LogP contribution >= 0.6 is 0 Å². The van der Waals surface area contributed by atoms with Crippen LogP contribution < -0.4 is 5.32 Å². The molecule has 2 heterocycles. The molecule has 1 saturated carbocycles. The second-order valence-corrected chi connectivity index (χ2v) is 6.52. The molecule has 120 valence electrons. The van der Waals surface area contributed by atoms with Crippen LogP contribution in [0, 0.1) is 0 Å². The summed E-state index contributed by atoms with van der Waals surface area (Å²) < 4.78 is 0. The highest BCUT2D eigenvalue weighted by Gasteiger charge is 2.51. The first-order chi connectivity index (χ1) is 11.2. The highest BCUT2D eigenvalue weighted by atomic mass is 16.2. The van der Waals surface area contributed by atoms with Gasteiger partial charge in [-0.25, -0.2) is 0 Å². The third-order valence-electron chi connectivity index (χ3n) is 5.48. The van der Waals surface area contributed by atoms with Gasteiger partial charge in [0.2, 0.25) is 0 Å². The number of rotatable bonds is 3. The van der Waals surface area contributed by atoms with Gasteiger partial charge in [0, 0.05) is 24.2 Å². The van der Waals surface area contributed by atoms with Crippen LogP contribution in [-0.2, 0) is 0 Å². The Hall–Kier alpha value is -2.14. The summed E-state index contributed by atoms with van der Waals surface area (Å²) in [6, 6.07) is 12.1. The SMILES string of the molecule is CCC12CCC1N(C(=O)c1cc(-c3ccccc3)n[nH]1)CCN2. The van der Waals surface area contributed by atoms with Crippen molar-refractivity contribution < 1.29 is 4.79 Å². The van der Waals surface area contributed by atoms with E-state index in [0.29, 0.717) is 11.7 Å². The zero-order valence-corrected chi connectivity index (χ0v) is 13.4. The molecule has 1 aromatic heterocycles. The van der Waals surface area contributed by atoms with E-state index in [9.17, 15) is 4.79 Å². The molecular formula is C18H22N4O. The smallest absolute Gasteiger partial charge is 0.272 e. The fourth-order valence-corrected chi connectivity index (χ4v) is 3.99. The topological polar surface area (TPSA) is 61.0 Å². The quantitative estimate of drug-likeness (QED) is 0.915. The van der Waals surface area contributed by atoms with Crippen LogP contribution in [0.1, 0.15) is 36.7 Å². The Morgan fingerprint density at radius 2 is 2.22 bits per heavy atom. The van der Waals surface area contributed by atoms with E-state index in [0.717, 1.165) is 43.6 Å². The molecule has 0 radical (unpaired) electrons. The molecule has 4 rings (SSSR count). The predicted octanol–water partition coefficient (Wildman–Crippen LogP) is 2.43. The van der Waals surface area contributed by atoms with Crippen LogP contribution in [0.4, 0.5) is 0 Å². The Balaban J connectivity index is 1.57. The number of hydrogen-bond donors (Lipinski definition) is 2. The zero-order valence-electron chi connectivity index (χ0n) is 13.4. The molecule has 5 nitrogen and oxygen atoms in total. The van der Waals surface area contributed by atoms with Gasteiger partial charge in [-0.1, -0.05) is 37.3 Å². The van der Waals surface area contributed by atoms with E-state index >= 15 is 0 Å². The molecule has 1 aliphatic heterocycles. The van der Waals surface area contributed by atoms with E-state index in [1.165, 1.54) is 0 Å². The van der Waals surface area contributed by atoms with Gasteiger partial charge in [-0.05, 0) is 25.3 Å². The van der Waals surface area contributed by atoms with E-state index in [4.69, 9.17) is 0 Å². The first-order valence-electron chi connectivity index (χ1n) is 8.40. The van der Waals surface area contributed by atoms with E-state index in [2.05, 4.69) is 22.4 Å². The Morgan fingerprint density at radius 3 is 2.91 bits per heavy atom. The van der Waals surface area contributed by atoms with Gasteiger partial charge in [0.1, 0.15) is 5.69 Å². The Labute approximate surface area is 136 Å². The number of carbonyl (C=O) groups excluding carboxylic acids is 1. The highest BCUT2D eigenvalue weighted by Crippen LogP contribution is 2.41. The van der Waals surface area contributed by atoms with Crippen LogP contribution in [0.3, 0.4) is 0 Å². The molecule has 2 aliphatic rings. The number of nitrogens with one attached hydrogen (secondary N) is 2. The van der Waals surface area contributed by atoms with Gasteiger partial charge < -0.3 is 10.2 Å². The number of carbonyl (C=O) groups is 1. The van der Waals surface area contributed by atoms with E-state index in [1.54, 1.807) is 0 Å². The van der Waals surface area contributed by atoms with Crippen LogP contribution in [0.5, 0.6) is 0 Å². The van der Waals surface area contributed by atoms with Gasteiger partial charge in [-0.15, -0.1) is 0 Å². The molecule has 2 fully saturated rings. The Bertz CT molecular complexity index is 707. The van der Waals surface area contributed by atoms with Crippen molar-refractivity contribution in [3.05, 3.63) is 42.1 Å². The Morgan fingerprint density at radius 1 is 1.39 bits per heavy atom. The van der Waals surface area contributed by atoms with E-state index in [1.807, 2.05) is 41.3 Å². The van der Waals surface area contributed by atoms with Crippen molar-refractivity contribution >= 4 is 5.91 Å². The van der Waals surface area contributed by atoms with Gasteiger partial charge in [-0.3, -0.25) is 9.89 Å². The molecule has 2 N–H and O–H groups in total. The number of nitrogens with zero attached hydrogens (tertiary/aromatic N) is 2. The van der Waals surface area contributed by atoms with Crippen molar-refractivity contribution in [3.8, 4) is 11.3 Å². The number of piperazine rings is 1. The summed E-state index contributed by atoms with van der Waals surface area (Å²) in [5.41, 5.74) is 2.56. The second kappa shape index (κ2) is 5.49. The van der Waals surface area contributed by atoms with Gasteiger partial charge in [0.05, 0.1) is 11.7 Å². The minimum atomic E-state index is 0.0729. The van der Waals surface area contributed by atoms with Crippen molar-refractivity contribution in [1.29, 1.82) is 0 Å². The van der Waals surface area contributed by atoms with Gasteiger partial charge in [0.25, 0.3) is 5.91 Å². The van der Waals surface area contributed by atoms with E-state index in [-0.39, 0.29) is 11.4 Å². The van der Waals surface area contributed by atoms with Crippen molar-refractivity contribution in [2.75, 3.05) is 13.1 Å². The van der Waals surface area contributed by atoms with E-state index < -0.39 is 0 Å². The third kappa shape index (κ3) is 2.27. The van der Waals surface area contributed by atoms with Gasteiger partial charge >= 0.3 is 0 Å². The maximum atomic E-state index is 12.9. The molecule has 2 aromatic rings. The van der Waals surface area contributed by atoms with Crippen molar-refractivity contribution in [3.63, 3.8) is 0 Å². The van der Waals surface area contributed by atoms with Crippen molar-refractivity contribution in [2.45, 2.75) is 37.8 Å². The number of aromatic amines is 1. The first-order valence-corrected chi connectivity index (χ1v) is 8.40. The lowest BCUT2D eigenvalue weighted by molar-refractivity contribution is -0.0134. The first kappa shape index (κ1) is 14.5. The lowest BCUT2D eigenvalue weighted by Crippen LogP contribution is -2.73. The average Bonchev–Trinajstić information content (AvgIpc) is 3.06. The average molecular weight is 310 g/mol. The molecule has 2 unspecified atom stereocenters. The van der Waals surface area contributed by atoms with Crippen molar-refractivity contribution in [2.24, 2.45) is 0 Å². The lowest BCUT2D eigenvalue weighted by Gasteiger charge is -2.57. The fraction of sp³-hybridized carbons (Fsp3) is 0.444. The molecule has 1 saturated heterocycles. The van der Waals surface area contributed by atoms with Crippen LogP contribution in [-0.4, -0.2) is 45.7 Å². The largest absolute Gasteiger partial charge is 0.331 e. The molecule has 2 atom stereocenters. The maximum Gasteiger partial charge on any atom is 0.272 e. The minimum absolute atomic E-state index is 0.0729. The molecule has 1 aromatic carbocycles. The Kier molecular flexibility index (Phi) is 3.45. The fourth-order valence-electron chi connectivity index (χ4n) is 3.99. The zero-order chi connectivity index (χ0) is 15.9. The number of benzene rings is 1. The summed E-state index contributed by atoms with van der Waals surface area (Å²) in [5.74, 6) is 0.0729. The lowest BCUT2D eigenvalue weighted by atomic mass is 9.67. The monoisotopic (exact) mass is 310 g/mol. The molecule has 0 bridgehead atoms. The third-order valence-corrected chi connectivity index (χ3v) is 5.48. The van der Waals surface area contributed by atoms with Gasteiger partial charge in [0.15, 0.2) is 0 Å². The number of hydrogen-bond acceptors (Lipinski definition) is 3. The van der Waals surface area contributed by atoms with Crippen LogP contribution in [0.25, 0.3) is 11.3 Å². The normalized spacial score (nSPS) is 26.5. The maximum absolute atomic E-state index is 12.9. The standard InChI is InChI=1S/C18H22N4O/c1-2-18-9-8-16(18)22(11-10-19-18)17(23)15-12-14(20-21-15)13-6-4-3-5-7-13/h3-7,12,16,19H,2,8-11H2,1H3,(H,20,21). The summed E-state index contributed by atoms with van der Waals surface area (Å²) in [6.45, 7) is 3.84. The summed E-state index contributed by atoms with van der Waals surface area (Å²) >= 11 is 0. The summed E-state index contributed by atoms with van der Waals surface area (Å²) in [7, 11) is 0. The summed E-state index contributed by atoms with van der Waals surface area (Å²) in [5, 5.41) is 10.9. The molecule has 5 heteroatoms. The predicted molar refractivity (Wildman–Crippen MR) is 89.1 cm³/mol. The molecule has 1 aliphatic carbocycles. The number of amides is 1. The van der Waals surface area contributed by atoms with Gasteiger partial charge in [-0.2, -0.15) is 5.10 Å². The number of aromatic nitrogens is 2. The highest BCUT2D eigenvalue weighted by molar-refractivity contribution is 5.94. The van der Waals surface area contributed by atoms with Crippen molar-refractivity contribution in [1.82, 2.24) is 20.4 Å².